The molecule has 2 heterocycles. The maximum atomic E-state index is 13.3. The molecule has 1 aromatic rings. The predicted molar refractivity (Wildman–Crippen MR) is 77.5 cm³/mol. The van der Waals surface area contributed by atoms with Crippen molar-refractivity contribution < 1.29 is 18.0 Å². The second-order valence-corrected chi connectivity index (χ2v) is 6.92. The van der Waals surface area contributed by atoms with Gasteiger partial charge in [0.15, 0.2) is 0 Å². The van der Waals surface area contributed by atoms with E-state index in [0.717, 1.165) is 11.1 Å². The van der Waals surface area contributed by atoms with Crippen molar-refractivity contribution in [3.8, 4) is 0 Å². The van der Waals surface area contributed by atoms with Crippen molar-refractivity contribution in [2.45, 2.75) is 25.7 Å². The van der Waals surface area contributed by atoms with E-state index < -0.39 is 17.0 Å². The Morgan fingerprint density at radius 2 is 1.87 bits per heavy atom. The molecule has 3 aliphatic rings. The zero-order valence-corrected chi connectivity index (χ0v) is 12.5. The summed E-state index contributed by atoms with van der Waals surface area (Å²) in [6, 6.07) is 7.50. The number of urea groups is 1. The Bertz CT molecular complexity index is 637. The number of piperidine rings is 1. The number of nitrogens with zero attached hydrogens (tertiary/aromatic N) is 1. The minimum Gasteiger partial charge on any atom is -0.337 e. The summed E-state index contributed by atoms with van der Waals surface area (Å²) in [5, 5.41) is 5.56. The van der Waals surface area contributed by atoms with Gasteiger partial charge in [0.25, 0.3) is 0 Å². The Hall–Kier alpha value is -1.76. The number of nitrogens with one attached hydrogen (secondary N) is 2. The van der Waals surface area contributed by atoms with Gasteiger partial charge in [-0.2, -0.15) is 13.2 Å². The first-order valence-corrected chi connectivity index (χ1v) is 7.74. The SMILES string of the molecule is O=C(NC[C@]12CNC[C@@]1(C(F)(F)F)C2)N1Cc2ccccc2C1. The molecule has 1 saturated carbocycles. The standard InChI is InChI=1S/C16H18F3N3O/c17-16(18,19)15-7-14(15,8-20-10-15)9-21-13(23)22-5-11-3-1-2-4-12(11)6-22/h1-4,20H,5-10H2,(H,21,23)/t14-,15-/m0/s1. The van der Waals surface area contributed by atoms with Gasteiger partial charge in [0.1, 0.15) is 0 Å². The lowest BCUT2D eigenvalue weighted by molar-refractivity contribution is -0.190. The van der Waals surface area contributed by atoms with Gasteiger partial charge in [-0.3, -0.25) is 0 Å². The molecule has 4 nitrogen and oxygen atoms in total. The predicted octanol–water partition coefficient (Wildman–Crippen LogP) is 2.25. The van der Waals surface area contributed by atoms with Crippen LogP contribution in [0.5, 0.6) is 0 Å². The quantitative estimate of drug-likeness (QED) is 0.876. The zero-order valence-electron chi connectivity index (χ0n) is 12.5. The highest BCUT2D eigenvalue weighted by Crippen LogP contribution is 2.72. The number of halogens is 3. The number of carbonyl (C=O) groups is 1. The first kappa shape index (κ1) is 14.8. The van der Waals surface area contributed by atoms with E-state index in [0.29, 0.717) is 19.6 Å². The lowest BCUT2D eigenvalue weighted by Gasteiger charge is -2.22. The largest absolute Gasteiger partial charge is 0.396 e. The number of benzene rings is 1. The summed E-state index contributed by atoms with van der Waals surface area (Å²) in [6.45, 7) is 1.37. The smallest absolute Gasteiger partial charge is 0.337 e. The van der Waals surface area contributed by atoms with Gasteiger partial charge in [0, 0.05) is 38.1 Å². The molecule has 0 bridgehead atoms. The highest BCUT2D eigenvalue weighted by Gasteiger charge is 2.81. The third-order valence-corrected chi connectivity index (χ3v) is 5.67. The molecular formula is C16H18F3N3O. The number of amides is 2. The molecular weight excluding hydrogens is 307 g/mol. The minimum atomic E-state index is -4.22. The van der Waals surface area contributed by atoms with Gasteiger partial charge < -0.3 is 15.5 Å². The fourth-order valence-electron chi connectivity index (χ4n) is 4.16. The van der Waals surface area contributed by atoms with Crippen LogP contribution in [0.2, 0.25) is 0 Å². The number of hydrogen-bond acceptors (Lipinski definition) is 2. The van der Waals surface area contributed by atoms with E-state index in [1.54, 1.807) is 4.90 Å². The number of rotatable bonds is 2. The summed E-state index contributed by atoms with van der Waals surface area (Å²) >= 11 is 0. The fourth-order valence-corrected chi connectivity index (χ4v) is 4.16. The van der Waals surface area contributed by atoms with Crippen LogP contribution in [-0.4, -0.2) is 36.7 Å². The molecule has 0 aromatic heterocycles. The topological polar surface area (TPSA) is 44.4 Å². The van der Waals surface area contributed by atoms with Gasteiger partial charge in [-0.05, 0) is 17.5 Å². The number of alkyl halides is 3. The molecule has 0 spiro atoms. The molecule has 4 rings (SSSR count). The molecule has 124 valence electrons. The highest BCUT2D eigenvalue weighted by atomic mass is 19.4. The van der Waals surface area contributed by atoms with Gasteiger partial charge in [0.2, 0.25) is 0 Å². The van der Waals surface area contributed by atoms with Crippen LogP contribution in [-0.2, 0) is 13.1 Å². The average molecular weight is 325 g/mol. The van der Waals surface area contributed by atoms with Gasteiger partial charge in [0.05, 0.1) is 5.41 Å². The van der Waals surface area contributed by atoms with Gasteiger partial charge in [-0.25, -0.2) is 4.79 Å². The molecule has 2 N–H and O–H groups in total. The van der Waals surface area contributed by atoms with E-state index in [9.17, 15) is 18.0 Å². The third kappa shape index (κ3) is 2.06. The molecule has 0 unspecified atom stereocenters. The Balaban J connectivity index is 1.39. The molecule has 1 aromatic carbocycles. The summed E-state index contributed by atoms with van der Waals surface area (Å²) < 4.78 is 39.8. The highest BCUT2D eigenvalue weighted by molar-refractivity contribution is 5.75. The van der Waals surface area contributed by atoms with Crippen molar-refractivity contribution in [3.05, 3.63) is 35.4 Å². The molecule has 2 fully saturated rings. The molecule has 7 heteroatoms. The fraction of sp³-hybridized carbons (Fsp3) is 0.562. The Morgan fingerprint density at radius 3 is 2.43 bits per heavy atom. The van der Waals surface area contributed by atoms with Crippen molar-refractivity contribution in [2.75, 3.05) is 19.6 Å². The van der Waals surface area contributed by atoms with E-state index in [-0.39, 0.29) is 25.5 Å². The van der Waals surface area contributed by atoms with E-state index >= 15 is 0 Å². The van der Waals surface area contributed by atoms with Crippen LogP contribution in [0, 0.1) is 10.8 Å². The van der Waals surface area contributed by atoms with E-state index in [1.807, 2.05) is 24.3 Å². The van der Waals surface area contributed by atoms with Crippen LogP contribution >= 0.6 is 0 Å². The zero-order chi connectivity index (χ0) is 16.3. The van der Waals surface area contributed by atoms with E-state index in [2.05, 4.69) is 10.6 Å². The van der Waals surface area contributed by atoms with Crippen molar-refractivity contribution in [1.82, 2.24) is 15.5 Å². The Labute approximate surface area is 132 Å². The average Bonchev–Trinajstić information content (AvgIpc) is 2.85. The summed E-state index contributed by atoms with van der Waals surface area (Å²) in [7, 11) is 0. The second kappa shape index (κ2) is 4.63. The maximum Gasteiger partial charge on any atom is 0.396 e. The summed E-state index contributed by atoms with van der Waals surface area (Å²) in [6.07, 6.45) is -4.11. The molecule has 0 radical (unpaired) electrons. The minimum absolute atomic E-state index is 0.0402. The normalized spacial score (nSPS) is 31.7. The van der Waals surface area contributed by atoms with Crippen LogP contribution in [0.1, 0.15) is 17.5 Å². The molecule has 2 aliphatic heterocycles. The molecule has 1 aliphatic carbocycles. The van der Waals surface area contributed by atoms with Crippen LogP contribution in [0.15, 0.2) is 24.3 Å². The van der Waals surface area contributed by atoms with Crippen LogP contribution < -0.4 is 10.6 Å². The Morgan fingerprint density at radius 1 is 1.22 bits per heavy atom. The van der Waals surface area contributed by atoms with Crippen LogP contribution in [0.25, 0.3) is 0 Å². The number of carbonyl (C=O) groups excluding carboxylic acids is 1. The second-order valence-electron chi connectivity index (χ2n) is 6.92. The number of fused-ring (bicyclic) bond motifs is 2. The summed E-state index contributed by atoms with van der Waals surface area (Å²) in [4.78, 5) is 13.9. The lowest BCUT2D eigenvalue weighted by atomic mass is 9.95. The van der Waals surface area contributed by atoms with Gasteiger partial charge in [-0.1, -0.05) is 24.3 Å². The first-order chi connectivity index (χ1) is 10.9. The molecule has 2 amide bonds. The van der Waals surface area contributed by atoms with Crippen molar-refractivity contribution >= 4 is 6.03 Å². The van der Waals surface area contributed by atoms with Crippen LogP contribution in [0.3, 0.4) is 0 Å². The first-order valence-electron chi connectivity index (χ1n) is 7.74. The van der Waals surface area contributed by atoms with E-state index in [1.165, 1.54) is 0 Å². The van der Waals surface area contributed by atoms with Crippen molar-refractivity contribution in [1.29, 1.82) is 0 Å². The summed E-state index contributed by atoms with van der Waals surface area (Å²) in [5.74, 6) is 0. The van der Waals surface area contributed by atoms with E-state index in [4.69, 9.17) is 0 Å². The molecule has 23 heavy (non-hydrogen) atoms. The van der Waals surface area contributed by atoms with Crippen molar-refractivity contribution in [3.63, 3.8) is 0 Å². The molecule has 2 atom stereocenters. The maximum absolute atomic E-state index is 13.3. The number of hydrogen-bond donors (Lipinski definition) is 2. The van der Waals surface area contributed by atoms with Gasteiger partial charge in [-0.15, -0.1) is 0 Å². The van der Waals surface area contributed by atoms with Crippen LogP contribution in [0.4, 0.5) is 18.0 Å². The lowest BCUT2D eigenvalue weighted by Crippen LogP contribution is -2.42. The van der Waals surface area contributed by atoms with Crippen molar-refractivity contribution in [2.24, 2.45) is 10.8 Å². The molecule has 1 saturated heterocycles. The van der Waals surface area contributed by atoms with Gasteiger partial charge >= 0.3 is 12.2 Å². The monoisotopic (exact) mass is 325 g/mol. The Kier molecular flexibility index (Phi) is 2.98. The summed E-state index contributed by atoms with van der Waals surface area (Å²) in [5.41, 5.74) is -0.326. The third-order valence-electron chi connectivity index (χ3n) is 5.67.